The number of aromatic nitrogens is 1. The first-order chi connectivity index (χ1) is 18.0. The summed E-state index contributed by atoms with van der Waals surface area (Å²) in [5, 5.41) is 6.72. The van der Waals surface area contributed by atoms with Crippen molar-refractivity contribution in [2.45, 2.75) is 37.8 Å². The van der Waals surface area contributed by atoms with Crippen LogP contribution in [0.4, 0.5) is 5.69 Å². The van der Waals surface area contributed by atoms with E-state index in [2.05, 4.69) is 20.5 Å². The van der Waals surface area contributed by atoms with Crippen LogP contribution in [0.25, 0.3) is 10.9 Å². The van der Waals surface area contributed by atoms with Crippen molar-refractivity contribution in [2.75, 3.05) is 38.0 Å². The van der Waals surface area contributed by atoms with Gasteiger partial charge in [0.2, 0.25) is 11.8 Å². The number of benzene rings is 2. The fraction of sp³-hybridized carbons (Fsp3) is 0.393. The average Bonchev–Trinajstić information content (AvgIpc) is 2.91. The Bertz CT molecular complexity index is 1120. The number of fused-ring (bicyclic) bond motifs is 1. The molecule has 0 fully saturated rings. The molecule has 2 atom stereocenters. The molecular formula is C28H39N7O2. The Hall–Kier alpha value is -3.37. The summed E-state index contributed by atoms with van der Waals surface area (Å²) in [6, 6.07) is 18.0. The monoisotopic (exact) mass is 505 g/mol. The van der Waals surface area contributed by atoms with Crippen LogP contribution in [0.3, 0.4) is 0 Å². The van der Waals surface area contributed by atoms with Gasteiger partial charge in [0.25, 0.3) is 0 Å². The lowest BCUT2D eigenvalue weighted by Gasteiger charge is -2.23. The van der Waals surface area contributed by atoms with Crippen molar-refractivity contribution >= 4 is 28.4 Å². The van der Waals surface area contributed by atoms with Crippen LogP contribution in [0.1, 0.15) is 24.8 Å². The third kappa shape index (κ3) is 9.22. The van der Waals surface area contributed by atoms with E-state index in [1.165, 1.54) is 0 Å². The third-order valence-electron chi connectivity index (χ3n) is 6.27. The van der Waals surface area contributed by atoms with E-state index in [1.807, 2.05) is 60.7 Å². The van der Waals surface area contributed by atoms with E-state index in [0.29, 0.717) is 38.0 Å². The first-order valence-electron chi connectivity index (χ1n) is 12.9. The van der Waals surface area contributed by atoms with Crippen molar-refractivity contribution < 1.29 is 9.59 Å². The molecule has 0 bridgehead atoms. The molecule has 198 valence electrons. The summed E-state index contributed by atoms with van der Waals surface area (Å²) in [5.41, 5.74) is 20.0. The lowest BCUT2D eigenvalue weighted by Crippen LogP contribution is -2.50. The number of nitrogens with zero attached hydrogens (tertiary/aromatic N) is 2. The van der Waals surface area contributed by atoms with Crippen molar-refractivity contribution in [3.8, 4) is 0 Å². The Balaban J connectivity index is 1.62. The smallest absolute Gasteiger partial charge is 0.247 e. The predicted molar refractivity (Wildman–Crippen MR) is 149 cm³/mol. The van der Waals surface area contributed by atoms with Crippen LogP contribution in [-0.2, 0) is 16.0 Å². The molecule has 0 saturated heterocycles. The van der Waals surface area contributed by atoms with Gasteiger partial charge in [-0.1, -0.05) is 48.5 Å². The Morgan fingerprint density at radius 2 is 1.59 bits per heavy atom. The van der Waals surface area contributed by atoms with Gasteiger partial charge < -0.3 is 32.7 Å². The minimum Gasteiger partial charge on any atom is -0.343 e. The Labute approximate surface area is 218 Å². The van der Waals surface area contributed by atoms with Gasteiger partial charge >= 0.3 is 0 Å². The first-order valence-corrected chi connectivity index (χ1v) is 12.9. The van der Waals surface area contributed by atoms with Gasteiger partial charge in [-0.2, -0.15) is 0 Å². The molecule has 2 unspecified atom stereocenters. The van der Waals surface area contributed by atoms with Crippen LogP contribution in [0.15, 0.2) is 66.9 Å². The number of pyridine rings is 1. The van der Waals surface area contributed by atoms with Crippen molar-refractivity contribution in [1.82, 2.24) is 15.2 Å². The number of rotatable bonds is 15. The molecular weight excluding hydrogens is 466 g/mol. The number of hydrogen-bond acceptors (Lipinski definition) is 7. The fourth-order valence-corrected chi connectivity index (χ4v) is 4.24. The van der Waals surface area contributed by atoms with Crippen LogP contribution >= 0.6 is 0 Å². The van der Waals surface area contributed by atoms with Gasteiger partial charge in [0.1, 0.15) is 6.04 Å². The van der Waals surface area contributed by atoms with Crippen molar-refractivity contribution in [3.05, 3.63) is 72.4 Å². The normalized spacial score (nSPS) is 12.9. The highest BCUT2D eigenvalue weighted by molar-refractivity contribution is 5.98. The van der Waals surface area contributed by atoms with Crippen molar-refractivity contribution in [3.63, 3.8) is 0 Å². The maximum atomic E-state index is 13.3. The fourth-order valence-electron chi connectivity index (χ4n) is 4.24. The van der Waals surface area contributed by atoms with Crippen LogP contribution in [0.2, 0.25) is 0 Å². The number of amides is 2. The largest absolute Gasteiger partial charge is 0.343 e. The van der Waals surface area contributed by atoms with Crippen LogP contribution in [0, 0.1) is 0 Å². The molecule has 0 aliphatic rings. The molecule has 9 nitrogen and oxygen atoms in total. The summed E-state index contributed by atoms with van der Waals surface area (Å²) in [6.07, 6.45) is 3.93. The number of aryl methyl sites for hydroxylation is 1. The summed E-state index contributed by atoms with van der Waals surface area (Å²) in [6.45, 7) is 3.38. The van der Waals surface area contributed by atoms with Gasteiger partial charge in [0.05, 0.1) is 23.4 Å². The topological polar surface area (TPSA) is 152 Å². The Morgan fingerprint density at radius 1 is 0.892 bits per heavy atom. The van der Waals surface area contributed by atoms with Crippen molar-refractivity contribution in [1.29, 1.82) is 0 Å². The van der Waals surface area contributed by atoms with E-state index in [-0.39, 0.29) is 11.8 Å². The zero-order chi connectivity index (χ0) is 26.5. The molecule has 37 heavy (non-hydrogen) atoms. The molecule has 2 aromatic carbocycles. The maximum absolute atomic E-state index is 13.3. The predicted octanol–water partition coefficient (Wildman–Crippen LogP) is 1.62. The molecule has 0 saturated carbocycles. The number of carbonyl (C=O) groups excluding carboxylic acids is 2. The van der Waals surface area contributed by atoms with E-state index in [9.17, 15) is 9.59 Å². The van der Waals surface area contributed by atoms with Gasteiger partial charge in [0, 0.05) is 31.6 Å². The quantitative estimate of drug-likeness (QED) is 0.210. The minimum absolute atomic E-state index is 0.300. The molecule has 2 amide bonds. The molecule has 0 aliphatic heterocycles. The summed E-state index contributed by atoms with van der Waals surface area (Å²) < 4.78 is 0. The molecule has 1 heterocycles. The zero-order valence-electron chi connectivity index (χ0n) is 21.3. The first kappa shape index (κ1) is 28.2. The highest BCUT2D eigenvalue weighted by atomic mass is 16.2. The number of nitrogens with one attached hydrogen (secondary N) is 2. The van der Waals surface area contributed by atoms with Gasteiger partial charge in [-0.25, -0.2) is 0 Å². The maximum Gasteiger partial charge on any atom is 0.247 e. The number of carbonyl (C=O) groups is 2. The summed E-state index contributed by atoms with van der Waals surface area (Å²) in [4.78, 5) is 32.8. The van der Waals surface area contributed by atoms with Crippen LogP contribution < -0.4 is 27.8 Å². The SMILES string of the molecule is NCCN(CCN)CCCC(N)C(=O)NC(CCc1ccccc1)C(=O)Nc1cnc2ccccc2c1. The molecule has 3 aromatic rings. The van der Waals surface area contributed by atoms with Crippen LogP contribution in [-0.4, -0.2) is 66.5 Å². The summed E-state index contributed by atoms with van der Waals surface area (Å²) in [7, 11) is 0. The van der Waals surface area contributed by atoms with E-state index < -0.39 is 12.1 Å². The second kappa shape index (κ2) is 15.0. The second-order valence-corrected chi connectivity index (χ2v) is 9.16. The van der Waals surface area contributed by atoms with Gasteiger partial charge in [-0.15, -0.1) is 0 Å². The van der Waals surface area contributed by atoms with E-state index in [1.54, 1.807) is 6.20 Å². The molecule has 0 spiro atoms. The zero-order valence-corrected chi connectivity index (χ0v) is 21.3. The number of para-hydroxylation sites is 1. The minimum atomic E-state index is -0.740. The number of anilines is 1. The van der Waals surface area contributed by atoms with E-state index >= 15 is 0 Å². The van der Waals surface area contributed by atoms with Gasteiger partial charge in [-0.3, -0.25) is 14.6 Å². The standard InChI is InChI=1S/C28H39N7O2/c29-14-17-35(18-15-30)16-6-10-24(31)27(36)34-26(13-12-21-7-2-1-3-8-21)28(37)33-23-19-22-9-4-5-11-25(22)32-20-23/h1-5,7-9,11,19-20,24,26H,6,10,12-18,29-31H2,(H,33,37)(H,34,36). The molecule has 9 heteroatoms. The molecule has 0 aliphatic carbocycles. The molecule has 3 rings (SSSR count). The molecule has 8 N–H and O–H groups in total. The second-order valence-electron chi connectivity index (χ2n) is 9.16. The Kier molecular flexibility index (Phi) is 11.4. The highest BCUT2D eigenvalue weighted by Gasteiger charge is 2.24. The number of hydrogen-bond donors (Lipinski definition) is 5. The van der Waals surface area contributed by atoms with E-state index in [0.717, 1.165) is 42.5 Å². The van der Waals surface area contributed by atoms with Crippen molar-refractivity contribution in [2.24, 2.45) is 17.2 Å². The van der Waals surface area contributed by atoms with Gasteiger partial charge in [-0.05, 0) is 49.9 Å². The molecule has 1 aromatic heterocycles. The number of nitrogens with two attached hydrogens (primary N) is 3. The summed E-state index contributed by atoms with van der Waals surface area (Å²) >= 11 is 0. The highest BCUT2D eigenvalue weighted by Crippen LogP contribution is 2.17. The van der Waals surface area contributed by atoms with E-state index in [4.69, 9.17) is 17.2 Å². The summed E-state index contributed by atoms with van der Waals surface area (Å²) in [5.74, 6) is -0.639. The van der Waals surface area contributed by atoms with Crippen LogP contribution in [0.5, 0.6) is 0 Å². The average molecular weight is 506 g/mol. The molecule has 0 radical (unpaired) electrons. The lowest BCUT2D eigenvalue weighted by molar-refractivity contribution is -0.127. The van der Waals surface area contributed by atoms with Gasteiger partial charge in [0.15, 0.2) is 0 Å². The lowest BCUT2D eigenvalue weighted by atomic mass is 10.0. The Morgan fingerprint density at radius 3 is 2.32 bits per heavy atom. The third-order valence-corrected chi connectivity index (χ3v) is 6.27.